The third-order valence-corrected chi connectivity index (χ3v) is 1.81. The number of carbonyl (C=O) groups excluding carboxylic acids is 1. The lowest BCUT2D eigenvalue weighted by molar-refractivity contribution is -0.123. The maximum atomic E-state index is 10.8. The second-order valence-corrected chi connectivity index (χ2v) is 2.75. The maximum Gasteiger partial charge on any atom is 0.245 e. The summed E-state index contributed by atoms with van der Waals surface area (Å²) in [6.07, 6.45) is 0. The SMILES string of the molecule is COc1ccccc1CNC(=O)CO. The van der Waals surface area contributed by atoms with Crippen LogP contribution in [0.15, 0.2) is 24.3 Å². The maximum absolute atomic E-state index is 10.8. The number of carbonyl (C=O) groups is 1. The molecule has 0 aromatic heterocycles. The van der Waals surface area contributed by atoms with Gasteiger partial charge in [-0.3, -0.25) is 4.79 Å². The summed E-state index contributed by atoms with van der Waals surface area (Å²) in [5, 5.41) is 11.1. The van der Waals surface area contributed by atoms with Crippen LogP contribution in [0.3, 0.4) is 0 Å². The van der Waals surface area contributed by atoms with Gasteiger partial charge in [0.05, 0.1) is 7.11 Å². The Morgan fingerprint density at radius 1 is 1.50 bits per heavy atom. The molecule has 0 aliphatic carbocycles. The van der Waals surface area contributed by atoms with E-state index in [1.54, 1.807) is 7.11 Å². The molecule has 0 heterocycles. The smallest absolute Gasteiger partial charge is 0.245 e. The van der Waals surface area contributed by atoms with E-state index in [9.17, 15) is 4.79 Å². The lowest BCUT2D eigenvalue weighted by atomic mass is 10.2. The van der Waals surface area contributed by atoms with Gasteiger partial charge < -0.3 is 15.2 Å². The molecule has 1 rings (SSSR count). The third-order valence-electron chi connectivity index (χ3n) is 1.81. The van der Waals surface area contributed by atoms with Crippen LogP contribution in [0, 0.1) is 0 Å². The number of benzene rings is 1. The van der Waals surface area contributed by atoms with Crippen molar-refractivity contribution in [3.8, 4) is 5.75 Å². The van der Waals surface area contributed by atoms with Crippen LogP contribution in [-0.2, 0) is 11.3 Å². The molecule has 0 aliphatic rings. The molecule has 0 saturated carbocycles. The van der Waals surface area contributed by atoms with E-state index in [0.717, 1.165) is 11.3 Å². The zero-order valence-corrected chi connectivity index (χ0v) is 7.99. The second kappa shape index (κ2) is 5.24. The normalized spacial score (nSPS) is 9.57. The van der Waals surface area contributed by atoms with Gasteiger partial charge in [0, 0.05) is 12.1 Å². The second-order valence-electron chi connectivity index (χ2n) is 2.75. The van der Waals surface area contributed by atoms with E-state index in [2.05, 4.69) is 5.32 Å². The fourth-order valence-electron chi connectivity index (χ4n) is 1.10. The van der Waals surface area contributed by atoms with E-state index >= 15 is 0 Å². The summed E-state index contributed by atoms with van der Waals surface area (Å²) >= 11 is 0. The predicted octanol–water partition coefficient (Wildman–Crippen LogP) is 0.304. The van der Waals surface area contributed by atoms with Crippen LogP contribution in [0.5, 0.6) is 5.75 Å². The van der Waals surface area contributed by atoms with Crippen LogP contribution in [0.1, 0.15) is 5.56 Å². The van der Waals surface area contributed by atoms with Gasteiger partial charge in [-0.1, -0.05) is 18.2 Å². The van der Waals surface area contributed by atoms with Gasteiger partial charge >= 0.3 is 0 Å². The largest absolute Gasteiger partial charge is 0.496 e. The summed E-state index contributed by atoms with van der Waals surface area (Å²) in [5.41, 5.74) is 0.886. The monoisotopic (exact) mass is 195 g/mol. The quantitative estimate of drug-likeness (QED) is 0.726. The van der Waals surface area contributed by atoms with Crippen molar-refractivity contribution in [2.75, 3.05) is 13.7 Å². The van der Waals surface area contributed by atoms with Gasteiger partial charge in [-0.05, 0) is 6.07 Å². The van der Waals surface area contributed by atoms with Crippen LogP contribution in [0.4, 0.5) is 0 Å². The molecule has 0 saturated heterocycles. The molecule has 0 spiro atoms. The minimum absolute atomic E-state index is 0.364. The average molecular weight is 195 g/mol. The molecule has 1 amide bonds. The summed E-state index contributed by atoms with van der Waals surface area (Å²) in [6, 6.07) is 7.40. The highest BCUT2D eigenvalue weighted by Gasteiger charge is 2.02. The molecule has 1 aromatic rings. The van der Waals surface area contributed by atoms with Gasteiger partial charge in [0.15, 0.2) is 0 Å². The van der Waals surface area contributed by atoms with E-state index in [1.165, 1.54) is 0 Å². The fraction of sp³-hybridized carbons (Fsp3) is 0.300. The number of aliphatic hydroxyl groups is 1. The Kier molecular flexibility index (Phi) is 3.94. The predicted molar refractivity (Wildman–Crippen MR) is 51.9 cm³/mol. The van der Waals surface area contributed by atoms with Gasteiger partial charge in [0.1, 0.15) is 12.4 Å². The molecule has 0 bridgehead atoms. The van der Waals surface area contributed by atoms with Gasteiger partial charge in [0.25, 0.3) is 0 Å². The lowest BCUT2D eigenvalue weighted by Crippen LogP contribution is -2.25. The van der Waals surface area contributed by atoms with E-state index in [0.29, 0.717) is 6.54 Å². The Balaban J connectivity index is 2.61. The van der Waals surface area contributed by atoms with E-state index in [1.807, 2.05) is 24.3 Å². The molecule has 0 unspecified atom stereocenters. The van der Waals surface area contributed by atoms with Crippen LogP contribution in [0.25, 0.3) is 0 Å². The summed E-state index contributed by atoms with van der Waals surface area (Å²) in [6.45, 7) is -0.126. The molecule has 2 N–H and O–H groups in total. The Morgan fingerprint density at radius 3 is 2.86 bits per heavy atom. The minimum Gasteiger partial charge on any atom is -0.496 e. The van der Waals surface area contributed by atoms with Crippen LogP contribution in [0.2, 0.25) is 0 Å². The van der Waals surface area contributed by atoms with Crippen LogP contribution >= 0.6 is 0 Å². The Labute approximate surface area is 82.5 Å². The van der Waals surface area contributed by atoms with E-state index < -0.39 is 12.5 Å². The number of hydrogen-bond acceptors (Lipinski definition) is 3. The number of ether oxygens (including phenoxy) is 1. The topological polar surface area (TPSA) is 58.6 Å². The first-order valence-corrected chi connectivity index (χ1v) is 4.27. The molecule has 14 heavy (non-hydrogen) atoms. The molecule has 0 radical (unpaired) electrons. The highest BCUT2D eigenvalue weighted by atomic mass is 16.5. The van der Waals surface area contributed by atoms with Gasteiger partial charge in [0.2, 0.25) is 5.91 Å². The standard InChI is InChI=1S/C10H13NO3/c1-14-9-5-3-2-4-8(9)6-11-10(13)7-12/h2-5,12H,6-7H2,1H3,(H,11,13). The summed E-state index contributed by atoms with van der Waals surface area (Å²) in [4.78, 5) is 10.8. The van der Waals surface area contributed by atoms with Gasteiger partial charge in [-0.2, -0.15) is 0 Å². The third kappa shape index (κ3) is 2.74. The highest BCUT2D eigenvalue weighted by Crippen LogP contribution is 2.16. The molecule has 0 fully saturated rings. The van der Waals surface area contributed by atoms with Crippen molar-refractivity contribution in [3.63, 3.8) is 0 Å². The molecule has 4 nitrogen and oxygen atoms in total. The number of para-hydroxylation sites is 1. The van der Waals surface area contributed by atoms with Crippen molar-refractivity contribution >= 4 is 5.91 Å². The summed E-state index contributed by atoms with van der Waals surface area (Å²) in [5.74, 6) is 0.335. The molecule has 4 heteroatoms. The van der Waals surface area contributed by atoms with E-state index in [4.69, 9.17) is 9.84 Å². The van der Waals surface area contributed by atoms with E-state index in [-0.39, 0.29) is 0 Å². The van der Waals surface area contributed by atoms with Crippen molar-refractivity contribution in [1.29, 1.82) is 0 Å². The van der Waals surface area contributed by atoms with Crippen LogP contribution in [-0.4, -0.2) is 24.7 Å². The first kappa shape index (κ1) is 10.5. The van der Waals surface area contributed by atoms with Crippen molar-refractivity contribution in [1.82, 2.24) is 5.32 Å². The first-order chi connectivity index (χ1) is 6.77. The lowest BCUT2D eigenvalue weighted by Gasteiger charge is -2.08. The van der Waals surface area contributed by atoms with Crippen molar-refractivity contribution < 1.29 is 14.6 Å². The summed E-state index contributed by atoms with van der Waals surface area (Å²) < 4.78 is 5.10. The molecule has 1 aromatic carbocycles. The number of hydrogen-bond donors (Lipinski definition) is 2. The first-order valence-electron chi connectivity index (χ1n) is 4.27. The number of nitrogens with one attached hydrogen (secondary N) is 1. The minimum atomic E-state index is -0.491. The molecule has 0 atom stereocenters. The highest BCUT2D eigenvalue weighted by molar-refractivity contribution is 5.76. The number of amides is 1. The molecule has 0 aliphatic heterocycles. The zero-order chi connectivity index (χ0) is 10.4. The zero-order valence-electron chi connectivity index (χ0n) is 7.99. The average Bonchev–Trinajstić information content (AvgIpc) is 2.26. The van der Waals surface area contributed by atoms with Gasteiger partial charge in [-0.25, -0.2) is 0 Å². The Morgan fingerprint density at radius 2 is 2.21 bits per heavy atom. The Bertz CT molecular complexity index is 312. The number of aliphatic hydroxyl groups excluding tert-OH is 1. The summed E-state index contributed by atoms with van der Waals surface area (Å²) in [7, 11) is 1.58. The van der Waals surface area contributed by atoms with Crippen molar-refractivity contribution in [2.45, 2.75) is 6.54 Å². The number of methoxy groups -OCH3 is 1. The Hall–Kier alpha value is -1.55. The van der Waals surface area contributed by atoms with Crippen molar-refractivity contribution in [2.24, 2.45) is 0 Å². The molecular weight excluding hydrogens is 182 g/mol. The van der Waals surface area contributed by atoms with Crippen LogP contribution < -0.4 is 10.1 Å². The van der Waals surface area contributed by atoms with Crippen molar-refractivity contribution in [3.05, 3.63) is 29.8 Å². The molecule has 76 valence electrons. The number of rotatable bonds is 4. The molecular formula is C10H13NO3. The van der Waals surface area contributed by atoms with Gasteiger partial charge in [-0.15, -0.1) is 0 Å². The fourth-order valence-corrected chi connectivity index (χ4v) is 1.10.